The molecule has 2 aromatic carbocycles. The summed E-state index contributed by atoms with van der Waals surface area (Å²) >= 11 is 3.35. The molecule has 0 saturated carbocycles. The Morgan fingerprint density at radius 3 is 2.35 bits per heavy atom. The normalized spacial score (nSPS) is 11.5. The van der Waals surface area contributed by atoms with Crippen LogP contribution in [-0.4, -0.2) is 35.2 Å². The van der Waals surface area contributed by atoms with Crippen molar-refractivity contribution in [3.8, 4) is 0 Å². The number of rotatable bonds is 8. The van der Waals surface area contributed by atoms with Gasteiger partial charge in [0.2, 0.25) is 17.6 Å². The SMILES string of the molecule is NC(=O)CN(C(=O)[C@@H](N)Cc1ccccc1)c1ccc(Br)cc1C(=O)c1ccccn1. The minimum atomic E-state index is -0.928. The number of benzene rings is 2. The summed E-state index contributed by atoms with van der Waals surface area (Å²) in [5.74, 6) is -1.63. The van der Waals surface area contributed by atoms with Gasteiger partial charge in [-0.05, 0) is 42.3 Å². The molecule has 0 aliphatic carbocycles. The minimum Gasteiger partial charge on any atom is -0.368 e. The smallest absolute Gasteiger partial charge is 0.244 e. The Labute approximate surface area is 188 Å². The van der Waals surface area contributed by atoms with Crippen LogP contribution in [0.1, 0.15) is 21.6 Å². The van der Waals surface area contributed by atoms with Crippen LogP contribution < -0.4 is 16.4 Å². The number of carbonyl (C=O) groups is 3. The fourth-order valence-corrected chi connectivity index (χ4v) is 3.51. The van der Waals surface area contributed by atoms with Crippen molar-refractivity contribution < 1.29 is 14.4 Å². The lowest BCUT2D eigenvalue weighted by Gasteiger charge is -2.26. The number of primary amides is 1. The first-order valence-corrected chi connectivity index (χ1v) is 10.3. The number of halogens is 1. The molecule has 158 valence electrons. The highest BCUT2D eigenvalue weighted by Crippen LogP contribution is 2.27. The molecule has 0 bridgehead atoms. The van der Waals surface area contributed by atoms with E-state index in [0.29, 0.717) is 4.47 Å². The van der Waals surface area contributed by atoms with Crippen molar-refractivity contribution in [3.63, 3.8) is 0 Å². The summed E-state index contributed by atoms with van der Waals surface area (Å²) in [5.41, 5.74) is 13.1. The molecule has 31 heavy (non-hydrogen) atoms. The Morgan fingerprint density at radius 2 is 1.71 bits per heavy atom. The fraction of sp³-hybridized carbons (Fsp3) is 0.130. The summed E-state index contributed by atoms with van der Waals surface area (Å²) in [5, 5.41) is 0. The van der Waals surface area contributed by atoms with Crippen molar-refractivity contribution in [1.29, 1.82) is 0 Å². The monoisotopic (exact) mass is 480 g/mol. The molecule has 1 aromatic heterocycles. The number of ketones is 1. The summed E-state index contributed by atoms with van der Waals surface area (Å²) in [7, 11) is 0. The van der Waals surface area contributed by atoms with Crippen molar-refractivity contribution in [2.75, 3.05) is 11.4 Å². The van der Waals surface area contributed by atoms with Crippen LogP contribution in [0.4, 0.5) is 5.69 Å². The molecule has 3 aromatic rings. The highest BCUT2D eigenvalue weighted by molar-refractivity contribution is 9.10. The summed E-state index contributed by atoms with van der Waals surface area (Å²) in [6, 6.07) is 18.2. The number of aromatic nitrogens is 1. The molecule has 1 heterocycles. The van der Waals surface area contributed by atoms with Gasteiger partial charge in [0.1, 0.15) is 12.2 Å². The van der Waals surface area contributed by atoms with Gasteiger partial charge in [-0.15, -0.1) is 0 Å². The lowest BCUT2D eigenvalue weighted by molar-refractivity contribution is -0.123. The second-order valence-electron chi connectivity index (χ2n) is 6.89. The Balaban J connectivity index is 1.99. The fourth-order valence-electron chi connectivity index (χ4n) is 3.15. The van der Waals surface area contributed by atoms with E-state index in [2.05, 4.69) is 20.9 Å². The van der Waals surface area contributed by atoms with Crippen molar-refractivity contribution in [1.82, 2.24) is 4.98 Å². The molecule has 0 aliphatic rings. The van der Waals surface area contributed by atoms with Gasteiger partial charge in [0.15, 0.2) is 0 Å². The van der Waals surface area contributed by atoms with Gasteiger partial charge in [0, 0.05) is 16.2 Å². The number of carbonyl (C=O) groups excluding carboxylic acids is 3. The number of amides is 2. The third kappa shape index (κ3) is 5.62. The first kappa shape index (κ1) is 22.3. The average molecular weight is 481 g/mol. The van der Waals surface area contributed by atoms with Crippen LogP contribution in [0.25, 0.3) is 0 Å². The lowest BCUT2D eigenvalue weighted by atomic mass is 10.0. The van der Waals surface area contributed by atoms with Crippen LogP contribution in [0.3, 0.4) is 0 Å². The number of anilines is 1. The van der Waals surface area contributed by atoms with E-state index in [-0.39, 0.29) is 23.4 Å². The van der Waals surface area contributed by atoms with Gasteiger partial charge >= 0.3 is 0 Å². The Hall–Kier alpha value is -3.36. The second-order valence-corrected chi connectivity index (χ2v) is 7.81. The Bertz CT molecular complexity index is 1090. The zero-order valence-electron chi connectivity index (χ0n) is 16.6. The largest absolute Gasteiger partial charge is 0.368 e. The predicted molar refractivity (Wildman–Crippen MR) is 121 cm³/mol. The van der Waals surface area contributed by atoms with E-state index in [1.807, 2.05) is 30.3 Å². The molecule has 4 N–H and O–H groups in total. The number of hydrogen-bond acceptors (Lipinski definition) is 5. The summed E-state index contributed by atoms with van der Waals surface area (Å²) in [6.07, 6.45) is 1.78. The molecule has 0 aliphatic heterocycles. The Morgan fingerprint density at radius 1 is 1.00 bits per heavy atom. The highest BCUT2D eigenvalue weighted by atomic mass is 79.9. The van der Waals surface area contributed by atoms with Gasteiger partial charge in [0.25, 0.3) is 0 Å². The first-order valence-electron chi connectivity index (χ1n) is 9.51. The molecule has 7 nitrogen and oxygen atoms in total. The van der Waals surface area contributed by atoms with E-state index in [0.717, 1.165) is 5.56 Å². The highest BCUT2D eigenvalue weighted by Gasteiger charge is 2.28. The van der Waals surface area contributed by atoms with Gasteiger partial charge in [-0.25, -0.2) is 0 Å². The molecule has 0 spiro atoms. The predicted octanol–water partition coefficient (Wildman–Crippen LogP) is 2.46. The maximum atomic E-state index is 13.2. The van der Waals surface area contributed by atoms with Gasteiger partial charge in [-0.3, -0.25) is 19.4 Å². The molecular formula is C23H21BrN4O3. The third-order valence-corrected chi connectivity index (χ3v) is 5.08. The van der Waals surface area contributed by atoms with Gasteiger partial charge < -0.3 is 16.4 Å². The molecule has 1 atom stereocenters. The zero-order chi connectivity index (χ0) is 22.4. The Kier molecular flexibility index (Phi) is 7.28. The maximum absolute atomic E-state index is 13.2. The number of nitrogens with zero attached hydrogens (tertiary/aromatic N) is 2. The van der Waals surface area contributed by atoms with Crippen molar-refractivity contribution >= 4 is 39.2 Å². The standard InChI is InChI=1S/C23H21BrN4O3/c24-16-9-10-20(17(13-16)22(30)19-8-4-5-11-27-19)28(14-21(26)29)23(31)18(25)12-15-6-2-1-3-7-15/h1-11,13,18H,12,14,25H2,(H2,26,29)/t18-/m0/s1. The molecule has 0 saturated heterocycles. The molecule has 3 rings (SSSR count). The molecular weight excluding hydrogens is 460 g/mol. The number of nitrogens with two attached hydrogens (primary N) is 2. The van der Waals surface area contributed by atoms with Crippen LogP contribution in [-0.2, 0) is 16.0 Å². The molecule has 0 fully saturated rings. The topological polar surface area (TPSA) is 119 Å². The van der Waals surface area contributed by atoms with Crippen LogP contribution in [0.2, 0.25) is 0 Å². The van der Waals surface area contributed by atoms with Crippen LogP contribution in [0, 0.1) is 0 Å². The van der Waals surface area contributed by atoms with Crippen molar-refractivity contribution in [2.24, 2.45) is 11.5 Å². The maximum Gasteiger partial charge on any atom is 0.244 e. The second kappa shape index (κ2) is 10.1. The number of pyridine rings is 1. The van der Waals surface area contributed by atoms with E-state index in [1.165, 1.54) is 11.1 Å². The minimum absolute atomic E-state index is 0.203. The van der Waals surface area contributed by atoms with Crippen LogP contribution in [0.15, 0.2) is 77.4 Å². The van der Waals surface area contributed by atoms with Crippen molar-refractivity contribution in [2.45, 2.75) is 12.5 Å². The van der Waals surface area contributed by atoms with E-state index in [1.54, 1.807) is 36.4 Å². The average Bonchev–Trinajstić information content (AvgIpc) is 2.77. The van der Waals surface area contributed by atoms with E-state index in [4.69, 9.17) is 11.5 Å². The van der Waals surface area contributed by atoms with Gasteiger partial charge in [-0.2, -0.15) is 0 Å². The summed E-state index contributed by atoms with van der Waals surface area (Å²) in [4.78, 5) is 43.4. The van der Waals surface area contributed by atoms with Crippen LogP contribution >= 0.6 is 15.9 Å². The third-order valence-electron chi connectivity index (χ3n) is 4.59. The van der Waals surface area contributed by atoms with Crippen LogP contribution in [0.5, 0.6) is 0 Å². The van der Waals surface area contributed by atoms with E-state index in [9.17, 15) is 14.4 Å². The first-order chi connectivity index (χ1) is 14.9. The molecule has 0 radical (unpaired) electrons. The molecule has 8 heteroatoms. The zero-order valence-corrected chi connectivity index (χ0v) is 18.2. The van der Waals surface area contributed by atoms with Gasteiger partial charge in [0.05, 0.1) is 11.7 Å². The lowest BCUT2D eigenvalue weighted by Crippen LogP contribution is -2.48. The molecule has 0 unspecified atom stereocenters. The quantitative estimate of drug-likeness (QED) is 0.479. The van der Waals surface area contributed by atoms with Crippen molar-refractivity contribution in [3.05, 3.63) is 94.2 Å². The van der Waals surface area contributed by atoms with E-state index < -0.39 is 30.2 Å². The summed E-state index contributed by atoms with van der Waals surface area (Å²) < 4.78 is 0.635. The summed E-state index contributed by atoms with van der Waals surface area (Å²) in [6.45, 7) is -0.411. The van der Waals surface area contributed by atoms with E-state index >= 15 is 0 Å². The van der Waals surface area contributed by atoms with Gasteiger partial charge in [-0.1, -0.05) is 52.3 Å². The molecule has 2 amide bonds. The number of hydrogen-bond donors (Lipinski definition) is 2.